The van der Waals surface area contributed by atoms with Crippen LogP contribution in [-0.2, 0) is 10.0 Å². The Balaban J connectivity index is 1.26. The fourth-order valence-corrected chi connectivity index (χ4v) is 5.73. The van der Waals surface area contributed by atoms with E-state index in [4.69, 9.17) is 11.6 Å². The van der Waals surface area contributed by atoms with Crippen molar-refractivity contribution in [3.8, 4) is 11.3 Å². The van der Waals surface area contributed by atoms with Crippen molar-refractivity contribution in [2.75, 3.05) is 26.2 Å². The van der Waals surface area contributed by atoms with Crippen LogP contribution in [0.5, 0.6) is 0 Å². The minimum Gasteiger partial charge on any atom is -0.619 e. The molecule has 1 aliphatic rings. The number of benzene rings is 2. The average Bonchev–Trinajstić information content (AvgIpc) is 2.88. The smallest absolute Gasteiger partial charge is 0.255 e. The molecule has 1 amide bonds. The Hall–Kier alpha value is -3.53. The van der Waals surface area contributed by atoms with Crippen LogP contribution >= 0.6 is 11.6 Å². The number of carbonyl (C=O) groups excluding carboxylic acids is 1. The molecule has 3 heterocycles. The van der Waals surface area contributed by atoms with Crippen LogP contribution in [0.4, 0.5) is 0 Å². The van der Waals surface area contributed by atoms with Crippen molar-refractivity contribution in [1.82, 2.24) is 14.2 Å². The number of hydrogen-bond acceptors (Lipinski definition) is 5. The zero-order valence-electron chi connectivity index (χ0n) is 18.5. The predicted octanol–water partition coefficient (Wildman–Crippen LogP) is 3.34. The van der Waals surface area contributed by atoms with Gasteiger partial charge < -0.3 is 10.1 Å². The highest BCUT2D eigenvalue weighted by atomic mass is 35.5. The Morgan fingerprint density at radius 3 is 2.29 bits per heavy atom. The van der Waals surface area contributed by atoms with Crippen LogP contribution in [-0.4, -0.2) is 54.7 Å². The van der Waals surface area contributed by atoms with Gasteiger partial charge in [-0.2, -0.15) is 9.04 Å². The fraction of sp³-hybridized carbons (Fsp3) is 0.160. The van der Waals surface area contributed by atoms with Gasteiger partial charge in [0.25, 0.3) is 5.91 Å². The first-order valence-electron chi connectivity index (χ1n) is 11.0. The van der Waals surface area contributed by atoms with Crippen molar-refractivity contribution in [1.29, 1.82) is 0 Å². The van der Waals surface area contributed by atoms with Gasteiger partial charge in [0, 0.05) is 55.1 Å². The summed E-state index contributed by atoms with van der Waals surface area (Å²) in [6, 6.07) is 17.0. The molecule has 0 unspecified atom stereocenters. The number of rotatable bonds is 4. The Morgan fingerprint density at radius 1 is 0.914 bits per heavy atom. The molecule has 0 saturated carbocycles. The Morgan fingerprint density at radius 2 is 1.60 bits per heavy atom. The van der Waals surface area contributed by atoms with E-state index >= 15 is 0 Å². The molecule has 1 aliphatic heterocycles. The van der Waals surface area contributed by atoms with Crippen molar-refractivity contribution in [3.63, 3.8) is 0 Å². The van der Waals surface area contributed by atoms with Crippen molar-refractivity contribution in [2.45, 2.75) is 4.90 Å². The Kier molecular flexibility index (Phi) is 6.14. The topological polar surface area (TPSA) is 97.5 Å². The molecule has 178 valence electrons. The van der Waals surface area contributed by atoms with E-state index in [1.54, 1.807) is 65.6 Å². The van der Waals surface area contributed by atoms with Crippen LogP contribution in [0.2, 0.25) is 5.02 Å². The maximum Gasteiger partial charge on any atom is 0.255 e. The zero-order valence-corrected chi connectivity index (χ0v) is 20.1. The maximum absolute atomic E-state index is 13.2. The van der Waals surface area contributed by atoms with Crippen LogP contribution < -0.4 is 4.73 Å². The lowest BCUT2D eigenvalue weighted by Crippen LogP contribution is -2.50. The highest BCUT2D eigenvalue weighted by Gasteiger charge is 2.30. The lowest BCUT2D eigenvalue weighted by Gasteiger charge is -2.34. The highest BCUT2D eigenvalue weighted by Crippen LogP contribution is 2.25. The largest absolute Gasteiger partial charge is 0.619 e. The number of piperazine rings is 1. The van der Waals surface area contributed by atoms with E-state index in [0.29, 0.717) is 21.0 Å². The van der Waals surface area contributed by atoms with Crippen LogP contribution in [0.25, 0.3) is 22.0 Å². The Bertz CT molecular complexity index is 1500. The van der Waals surface area contributed by atoms with Gasteiger partial charge >= 0.3 is 0 Å². The van der Waals surface area contributed by atoms with Gasteiger partial charge in [-0.05, 0) is 47.2 Å². The van der Waals surface area contributed by atoms with Crippen molar-refractivity contribution in [3.05, 3.63) is 95.0 Å². The normalized spacial score (nSPS) is 14.8. The van der Waals surface area contributed by atoms with E-state index in [0.717, 1.165) is 16.3 Å². The lowest BCUT2D eigenvalue weighted by molar-refractivity contribution is -0.605. The van der Waals surface area contributed by atoms with Crippen LogP contribution in [0.3, 0.4) is 0 Å². The second-order valence-corrected chi connectivity index (χ2v) is 10.6. The van der Waals surface area contributed by atoms with Gasteiger partial charge in [0.05, 0.1) is 16.2 Å². The molecule has 5 rings (SSSR count). The minimum absolute atomic E-state index is 0.200. The summed E-state index contributed by atoms with van der Waals surface area (Å²) in [4.78, 5) is 19.2. The van der Waals surface area contributed by atoms with Gasteiger partial charge in [-0.25, -0.2) is 8.42 Å². The Labute approximate surface area is 207 Å². The monoisotopic (exact) mass is 508 g/mol. The second-order valence-electron chi connectivity index (χ2n) is 8.23. The molecule has 2 aromatic heterocycles. The number of halogens is 1. The summed E-state index contributed by atoms with van der Waals surface area (Å²) in [7, 11) is -3.69. The van der Waals surface area contributed by atoms with Crippen molar-refractivity contribution < 1.29 is 17.9 Å². The summed E-state index contributed by atoms with van der Waals surface area (Å²) in [5, 5.41) is 13.5. The summed E-state index contributed by atoms with van der Waals surface area (Å²) in [6.45, 7) is 0.977. The number of amides is 1. The van der Waals surface area contributed by atoms with Gasteiger partial charge in [-0.3, -0.25) is 9.78 Å². The maximum atomic E-state index is 13.2. The first-order valence-corrected chi connectivity index (χ1v) is 12.8. The molecule has 0 aliphatic carbocycles. The number of pyridine rings is 2. The standard InChI is InChI=1S/C25H21ClN4O4S/c26-22-4-1-20-16-23(5-2-19(20)15-22)35(33,34)30-13-11-28(12-14-30)25(31)21-3-6-24(27-17-21)18-7-9-29(32)10-8-18/h1-10,15-17H,11-14H2. The third-order valence-corrected chi connectivity index (χ3v) is 8.18. The third kappa shape index (κ3) is 4.70. The van der Waals surface area contributed by atoms with Gasteiger partial charge in [-0.15, -0.1) is 0 Å². The molecule has 0 bridgehead atoms. The van der Waals surface area contributed by atoms with E-state index in [-0.39, 0.29) is 37.0 Å². The summed E-state index contributed by atoms with van der Waals surface area (Å²) < 4.78 is 28.5. The molecule has 8 nitrogen and oxygen atoms in total. The average molecular weight is 509 g/mol. The van der Waals surface area contributed by atoms with Gasteiger partial charge in [0.2, 0.25) is 10.0 Å². The highest BCUT2D eigenvalue weighted by molar-refractivity contribution is 7.89. The summed E-state index contributed by atoms with van der Waals surface area (Å²) >= 11 is 6.02. The van der Waals surface area contributed by atoms with Crippen LogP contribution in [0.1, 0.15) is 10.4 Å². The molecule has 2 aromatic carbocycles. The van der Waals surface area contributed by atoms with Crippen LogP contribution in [0, 0.1) is 5.21 Å². The van der Waals surface area contributed by atoms with E-state index in [1.807, 2.05) is 0 Å². The first kappa shape index (κ1) is 23.2. The van der Waals surface area contributed by atoms with Gasteiger partial charge in [-0.1, -0.05) is 23.7 Å². The summed E-state index contributed by atoms with van der Waals surface area (Å²) in [5.41, 5.74) is 1.84. The van der Waals surface area contributed by atoms with Crippen molar-refractivity contribution >= 4 is 38.3 Å². The summed E-state index contributed by atoms with van der Waals surface area (Å²) in [6.07, 6.45) is 4.27. The van der Waals surface area contributed by atoms with Gasteiger partial charge in [0.15, 0.2) is 12.4 Å². The molecule has 0 N–H and O–H groups in total. The SMILES string of the molecule is O=C(c1ccc(-c2cc[n+]([O-])cc2)nc1)N1CCN(S(=O)(=O)c2ccc3cc(Cl)ccc3c2)CC1. The third-order valence-electron chi connectivity index (χ3n) is 6.05. The minimum atomic E-state index is -3.69. The molecular formula is C25H21ClN4O4S. The number of hydrogen-bond donors (Lipinski definition) is 0. The number of nitrogens with zero attached hydrogens (tertiary/aromatic N) is 4. The van der Waals surface area contributed by atoms with E-state index in [1.165, 1.54) is 22.9 Å². The van der Waals surface area contributed by atoms with E-state index in [9.17, 15) is 18.4 Å². The van der Waals surface area contributed by atoms with E-state index < -0.39 is 10.0 Å². The molecule has 0 spiro atoms. The number of sulfonamides is 1. The van der Waals surface area contributed by atoms with E-state index in [2.05, 4.69) is 4.98 Å². The molecule has 0 radical (unpaired) electrons. The molecule has 10 heteroatoms. The van der Waals surface area contributed by atoms with Crippen LogP contribution in [0.15, 0.2) is 84.1 Å². The zero-order chi connectivity index (χ0) is 24.6. The number of fused-ring (bicyclic) bond motifs is 1. The molecule has 0 atom stereocenters. The lowest BCUT2D eigenvalue weighted by atomic mass is 10.1. The second kappa shape index (κ2) is 9.26. The van der Waals surface area contributed by atoms with Gasteiger partial charge in [0.1, 0.15) is 0 Å². The molecule has 4 aromatic rings. The number of carbonyl (C=O) groups is 1. The quantitative estimate of drug-likeness (QED) is 0.311. The predicted molar refractivity (Wildman–Crippen MR) is 132 cm³/mol. The first-order chi connectivity index (χ1) is 16.8. The summed E-state index contributed by atoms with van der Waals surface area (Å²) in [5.74, 6) is -0.200. The van der Waals surface area contributed by atoms with Crippen molar-refractivity contribution in [2.24, 2.45) is 0 Å². The fourth-order valence-electron chi connectivity index (χ4n) is 4.09. The number of aromatic nitrogens is 2. The molecular weight excluding hydrogens is 488 g/mol. The molecule has 1 fully saturated rings. The molecule has 1 saturated heterocycles. The molecule has 35 heavy (non-hydrogen) atoms.